The van der Waals surface area contributed by atoms with Crippen LogP contribution in [0.25, 0.3) is 0 Å². The SMILES string of the molecule is CCC(C)(O[SiH](C)[C@](C)(CC)O[Si](C)(C)C)C(C)(CC)[Si](C)(C)OC(C)[Si](C)(C)C. The summed E-state index contributed by atoms with van der Waals surface area (Å²) in [4.78, 5) is 0. The maximum atomic E-state index is 7.20. The maximum Gasteiger partial charge on any atom is 0.204 e. The number of rotatable bonds is 13. The monoisotopic (exact) mass is 492 g/mol. The molecule has 0 heterocycles. The van der Waals surface area contributed by atoms with Crippen molar-refractivity contribution in [2.24, 2.45) is 0 Å². The topological polar surface area (TPSA) is 27.7 Å². The Morgan fingerprint density at radius 2 is 1.27 bits per heavy atom. The van der Waals surface area contributed by atoms with E-state index in [2.05, 4.69) is 107 Å². The predicted molar refractivity (Wildman–Crippen MR) is 146 cm³/mol. The minimum absolute atomic E-state index is 0.0255. The molecule has 3 nitrogen and oxygen atoms in total. The Kier molecular flexibility index (Phi) is 10.6. The van der Waals surface area contributed by atoms with Gasteiger partial charge in [0.1, 0.15) is 0 Å². The van der Waals surface area contributed by atoms with Crippen molar-refractivity contribution in [1.29, 1.82) is 0 Å². The van der Waals surface area contributed by atoms with Crippen molar-refractivity contribution in [2.75, 3.05) is 0 Å². The molecule has 182 valence electrons. The molecule has 0 aromatic carbocycles. The maximum absolute atomic E-state index is 7.20. The molecule has 0 aliphatic heterocycles. The Bertz CT molecular complexity index is 544. The fourth-order valence-electron chi connectivity index (χ4n) is 4.45. The quantitative estimate of drug-likeness (QED) is 0.246. The van der Waals surface area contributed by atoms with Crippen LogP contribution in [0.1, 0.15) is 67.7 Å². The van der Waals surface area contributed by atoms with E-state index in [4.69, 9.17) is 13.3 Å². The highest BCUT2D eigenvalue weighted by molar-refractivity contribution is 6.80. The van der Waals surface area contributed by atoms with Crippen molar-refractivity contribution in [2.45, 2.75) is 148 Å². The summed E-state index contributed by atoms with van der Waals surface area (Å²) in [5.41, 5.74) is 0.151. The van der Waals surface area contributed by atoms with E-state index in [-0.39, 0.29) is 15.9 Å². The molecule has 0 aliphatic carbocycles. The second kappa shape index (κ2) is 10.3. The van der Waals surface area contributed by atoms with Crippen molar-refractivity contribution in [1.82, 2.24) is 0 Å². The lowest BCUT2D eigenvalue weighted by atomic mass is 9.85. The molecule has 7 heteroatoms. The summed E-state index contributed by atoms with van der Waals surface area (Å²) in [5, 5.41) is -0.106. The standard InChI is InChI=1S/C23H56O3Si4/c1-17-21(5,25-27(8)23(7,19-3)26-29(12,13)14)22(6,18-2)30(15,16)24-20(4)28(9,10)11/h20,27H,17-19H2,1-16H3/t20?,21?,22?,23-,27?/m1/s1. The summed E-state index contributed by atoms with van der Waals surface area (Å²) in [6.45, 7) is 37.6. The lowest BCUT2D eigenvalue weighted by Gasteiger charge is -2.56. The molecule has 0 aromatic rings. The third-order valence-corrected chi connectivity index (χ3v) is 19.8. The van der Waals surface area contributed by atoms with Crippen molar-refractivity contribution in [3.05, 3.63) is 0 Å². The molecule has 4 unspecified atom stereocenters. The van der Waals surface area contributed by atoms with Gasteiger partial charge < -0.3 is 13.3 Å². The van der Waals surface area contributed by atoms with E-state index in [0.29, 0.717) is 5.73 Å². The van der Waals surface area contributed by atoms with Gasteiger partial charge in [-0.1, -0.05) is 47.3 Å². The van der Waals surface area contributed by atoms with Gasteiger partial charge in [-0.3, -0.25) is 0 Å². The molecular weight excluding hydrogens is 437 g/mol. The highest BCUT2D eigenvalue weighted by atomic mass is 28.4. The zero-order valence-electron chi connectivity index (χ0n) is 23.5. The fourth-order valence-corrected chi connectivity index (χ4v) is 15.7. The van der Waals surface area contributed by atoms with Crippen LogP contribution >= 0.6 is 0 Å². The zero-order valence-corrected chi connectivity index (χ0v) is 27.7. The minimum Gasteiger partial charge on any atom is -0.417 e. The fraction of sp³-hybridized carbons (Fsp3) is 1.00. The Balaban J connectivity index is 6.06. The van der Waals surface area contributed by atoms with Gasteiger partial charge in [-0.2, -0.15) is 0 Å². The predicted octanol–water partition coefficient (Wildman–Crippen LogP) is 7.74. The van der Waals surface area contributed by atoms with Gasteiger partial charge in [-0.25, -0.2) is 0 Å². The van der Waals surface area contributed by atoms with Crippen molar-refractivity contribution in [3.8, 4) is 0 Å². The van der Waals surface area contributed by atoms with Gasteiger partial charge in [0.05, 0.1) is 18.9 Å². The second-order valence-corrected chi connectivity index (χ2v) is 29.6. The molecule has 0 fully saturated rings. The lowest BCUT2D eigenvalue weighted by Crippen LogP contribution is -2.62. The van der Waals surface area contributed by atoms with Crippen LogP contribution < -0.4 is 0 Å². The lowest BCUT2D eigenvalue weighted by molar-refractivity contribution is 0.000847. The molecule has 0 spiro atoms. The molecule has 0 saturated heterocycles. The van der Waals surface area contributed by atoms with Crippen LogP contribution in [-0.2, 0) is 13.3 Å². The van der Waals surface area contributed by atoms with Crippen LogP contribution in [0.15, 0.2) is 0 Å². The first kappa shape index (κ1) is 30.7. The van der Waals surface area contributed by atoms with Crippen LogP contribution in [0.4, 0.5) is 0 Å². The number of hydrogen-bond donors (Lipinski definition) is 0. The summed E-state index contributed by atoms with van der Waals surface area (Å²) in [7, 11) is -6.72. The van der Waals surface area contributed by atoms with Crippen LogP contribution in [0.2, 0.25) is 64.0 Å². The molecule has 0 amide bonds. The van der Waals surface area contributed by atoms with Crippen LogP contribution in [0.3, 0.4) is 0 Å². The molecule has 0 saturated carbocycles. The van der Waals surface area contributed by atoms with Gasteiger partial charge in [0, 0.05) is 10.8 Å². The van der Waals surface area contributed by atoms with E-state index >= 15 is 0 Å². The average Bonchev–Trinajstić information content (AvgIpc) is 2.57. The Morgan fingerprint density at radius 1 is 0.800 bits per heavy atom. The van der Waals surface area contributed by atoms with Gasteiger partial charge in [0.15, 0.2) is 16.6 Å². The second-order valence-electron chi connectivity index (χ2n) is 12.5. The Labute approximate surface area is 195 Å². The average molecular weight is 493 g/mol. The zero-order chi connectivity index (χ0) is 24.4. The summed E-state index contributed by atoms with van der Waals surface area (Å²) < 4.78 is 20.9. The largest absolute Gasteiger partial charge is 0.417 e. The van der Waals surface area contributed by atoms with Crippen LogP contribution in [0, 0.1) is 0 Å². The van der Waals surface area contributed by atoms with Crippen molar-refractivity contribution >= 4 is 33.7 Å². The van der Waals surface area contributed by atoms with Gasteiger partial charge in [-0.05, 0) is 79.3 Å². The molecule has 0 radical (unpaired) electrons. The molecule has 0 aliphatic rings. The molecule has 0 rings (SSSR count). The number of hydrogen-bond acceptors (Lipinski definition) is 3. The van der Waals surface area contributed by atoms with Gasteiger partial charge in [0.25, 0.3) is 0 Å². The first-order valence-corrected chi connectivity index (χ1v) is 24.3. The van der Waals surface area contributed by atoms with E-state index in [1.165, 1.54) is 0 Å². The van der Waals surface area contributed by atoms with E-state index in [1.807, 2.05) is 0 Å². The molecular formula is C23H56O3Si4. The smallest absolute Gasteiger partial charge is 0.204 e. The summed E-state index contributed by atoms with van der Waals surface area (Å²) in [5.74, 6) is 0. The van der Waals surface area contributed by atoms with Crippen LogP contribution in [0.5, 0.6) is 0 Å². The third kappa shape index (κ3) is 7.12. The minimum atomic E-state index is -2.07. The molecule has 0 bridgehead atoms. The van der Waals surface area contributed by atoms with E-state index in [0.717, 1.165) is 19.3 Å². The normalized spacial score (nSPS) is 22.0. The molecule has 0 N–H and O–H groups in total. The van der Waals surface area contributed by atoms with Gasteiger partial charge in [-0.15, -0.1) is 0 Å². The van der Waals surface area contributed by atoms with Gasteiger partial charge >= 0.3 is 0 Å². The molecule has 0 aromatic heterocycles. The molecule has 30 heavy (non-hydrogen) atoms. The first-order chi connectivity index (χ1) is 13.1. The van der Waals surface area contributed by atoms with Gasteiger partial charge in [0.2, 0.25) is 9.04 Å². The summed E-state index contributed by atoms with van der Waals surface area (Å²) in [6.07, 6.45) is 3.09. The van der Waals surface area contributed by atoms with Crippen LogP contribution in [-0.4, -0.2) is 50.3 Å². The molecule has 5 atom stereocenters. The van der Waals surface area contributed by atoms with E-state index in [9.17, 15) is 0 Å². The summed E-state index contributed by atoms with van der Waals surface area (Å²) in [6, 6.07) is 0. The summed E-state index contributed by atoms with van der Waals surface area (Å²) >= 11 is 0. The van der Waals surface area contributed by atoms with Crippen molar-refractivity contribution in [3.63, 3.8) is 0 Å². The highest BCUT2D eigenvalue weighted by Crippen LogP contribution is 2.55. The van der Waals surface area contributed by atoms with E-state index < -0.39 is 33.7 Å². The Hall–Kier alpha value is 0.748. The highest BCUT2D eigenvalue weighted by Gasteiger charge is 2.57. The van der Waals surface area contributed by atoms with E-state index in [1.54, 1.807) is 0 Å². The first-order valence-electron chi connectivity index (χ1n) is 12.2. The third-order valence-electron chi connectivity index (χ3n) is 8.11. The Morgan fingerprint density at radius 3 is 1.57 bits per heavy atom. The van der Waals surface area contributed by atoms with Crippen molar-refractivity contribution < 1.29 is 13.3 Å².